The molecule has 0 heterocycles. The van der Waals surface area contributed by atoms with E-state index in [0.29, 0.717) is 6.04 Å². The standard InChI is InChI=1S/C11H26N2/c1-6-12-11(9-13(4)5)8-7-10(2)3/h10-12H,6-9H2,1-5H3. The summed E-state index contributed by atoms with van der Waals surface area (Å²) in [6.07, 6.45) is 2.62. The van der Waals surface area contributed by atoms with Gasteiger partial charge >= 0.3 is 0 Å². The lowest BCUT2D eigenvalue weighted by Crippen LogP contribution is -2.38. The van der Waals surface area contributed by atoms with Crippen molar-refractivity contribution in [3.8, 4) is 0 Å². The summed E-state index contributed by atoms with van der Waals surface area (Å²) in [6, 6.07) is 0.669. The number of rotatable bonds is 7. The predicted molar refractivity (Wildman–Crippen MR) is 60.1 cm³/mol. The summed E-state index contributed by atoms with van der Waals surface area (Å²) < 4.78 is 0. The van der Waals surface area contributed by atoms with Crippen molar-refractivity contribution >= 4 is 0 Å². The molecule has 0 aliphatic heterocycles. The zero-order valence-corrected chi connectivity index (χ0v) is 9.93. The molecule has 1 atom stereocenters. The van der Waals surface area contributed by atoms with Crippen LogP contribution in [0.15, 0.2) is 0 Å². The smallest absolute Gasteiger partial charge is 0.0194 e. The third-order valence-electron chi connectivity index (χ3n) is 2.17. The highest BCUT2D eigenvalue weighted by Crippen LogP contribution is 2.07. The van der Waals surface area contributed by atoms with E-state index in [1.165, 1.54) is 12.8 Å². The van der Waals surface area contributed by atoms with Crippen LogP contribution in [0.5, 0.6) is 0 Å². The average molecular weight is 186 g/mol. The zero-order chi connectivity index (χ0) is 10.3. The maximum absolute atomic E-state index is 3.53. The number of hydrogen-bond acceptors (Lipinski definition) is 2. The van der Waals surface area contributed by atoms with E-state index in [1.807, 2.05) is 0 Å². The molecule has 0 aliphatic carbocycles. The van der Waals surface area contributed by atoms with Crippen molar-refractivity contribution in [3.63, 3.8) is 0 Å². The predicted octanol–water partition coefficient (Wildman–Crippen LogP) is 1.96. The molecule has 0 aromatic heterocycles. The number of hydrogen-bond donors (Lipinski definition) is 1. The number of nitrogens with one attached hydrogen (secondary N) is 1. The van der Waals surface area contributed by atoms with E-state index in [9.17, 15) is 0 Å². The Bertz CT molecular complexity index is 111. The van der Waals surface area contributed by atoms with Crippen LogP contribution in [0.2, 0.25) is 0 Å². The first-order valence-electron chi connectivity index (χ1n) is 5.44. The van der Waals surface area contributed by atoms with E-state index in [4.69, 9.17) is 0 Å². The molecule has 0 aromatic rings. The Morgan fingerprint density at radius 1 is 1.15 bits per heavy atom. The minimum absolute atomic E-state index is 0.669. The zero-order valence-electron chi connectivity index (χ0n) is 9.93. The Morgan fingerprint density at radius 3 is 2.15 bits per heavy atom. The Morgan fingerprint density at radius 2 is 1.77 bits per heavy atom. The maximum atomic E-state index is 3.53. The molecule has 80 valence electrons. The Hall–Kier alpha value is -0.0800. The van der Waals surface area contributed by atoms with Crippen LogP contribution in [0.3, 0.4) is 0 Å². The molecule has 0 bridgehead atoms. The molecular formula is C11H26N2. The van der Waals surface area contributed by atoms with Crippen LogP contribution in [0.25, 0.3) is 0 Å². The molecule has 0 saturated carbocycles. The molecule has 0 spiro atoms. The van der Waals surface area contributed by atoms with Crippen LogP contribution in [0.1, 0.15) is 33.6 Å². The van der Waals surface area contributed by atoms with Crippen LogP contribution < -0.4 is 5.32 Å². The summed E-state index contributed by atoms with van der Waals surface area (Å²) in [5.74, 6) is 0.823. The highest BCUT2D eigenvalue weighted by molar-refractivity contribution is 4.69. The van der Waals surface area contributed by atoms with Crippen molar-refractivity contribution in [2.24, 2.45) is 5.92 Å². The molecule has 0 aliphatic rings. The third kappa shape index (κ3) is 8.26. The van der Waals surface area contributed by atoms with Gasteiger partial charge in [0.2, 0.25) is 0 Å². The largest absolute Gasteiger partial charge is 0.313 e. The first kappa shape index (κ1) is 12.9. The fraction of sp³-hybridized carbons (Fsp3) is 1.00. The van der Waals surface area contributed by atoms with Gasteiger partial charge in [-0.15, -0.1) is 0 Å². The van der Waals surface area contributed by atoms with Gasteiger partial charge in [0.15, 0.2) is 0 Å². The van der Waals surface area contributed by atoms with Gasteiger partial charge in [0, 0.05) is 12.6 Å². The van der Waals surface area contributed by atoms with Crippen molar-refractivity contribution in [1.29, 1.82) is 0 Å². The monoisotopic (exact) mass is 186 g/mol. The summed E-state index contributed by atoms with van der Waals surface area (Å²) in [4.78, 5) is 2.26. The number of likely N-dealkylation sites (N-methyl/N-ethyl adjacent to an activating group) is 2. The SMILES string of the molecule is CCNC(CCC(C)C)CN(C)C. The summed E-state index contributed by atoms with van der Waals surface area (Å²) in [5.41, 5.74) is 0. The van der Waals surface area contributed by atoms with E-state index >= 15 is 0 Å². The molecule has 0 aromatic carbocycles. The second-order valence-corrected chi connectivity index (χ2v) is 4.49. The molecule has 0 rings (SSSR count). The second-order valence-electron chi connectivity index (χ2n) is 4.49. The lowest BCUT2D eigenvalue weighted by molar-refractivity contribution is 0.317. The Kier molecular flexibility index (Phi) is 7.29. The summed E-state index contributed by atoms with van der Waals surface area (Å²) in [5, 5.41) is 3.53. The molecule has 0 amide bonds. The highest BCUT2D eigenvalue weighted by Gasteiger charge is 2.08. The average Bonchev–Trinajstić information content (AvgIpc) is 1.99. The minimum Gasteiger partial charge on any atom is -0.313 e. The minimum atomic E-state index is 0.669. The quantitative estimate of drug-likeness (QED) is 0.654. The van der Waals surface area contributed by atoms with Crippen LogP contribution in [0.4, 0.5) is 0 Å². The molecule has 1 N–H and O–H groups in total. The molecule has 0 saturated heterocycles. The van der Waals surface area contributed by atoms with E-state index in [2.05, 4.69) is 45.1 Å². The van der Waals surface area contributed by atoms with Crippen LogP contribution in [0, 0.1) is 5.92 Å². The van der Waals surface area contributed by atoms with Gasteiger partial charge in [-0.1, -0.05) is 20.8 Å². The van der Waals surface area contributed by atoms with Crippen molar-refractivity contribution in [2.45, 2.75) is 39.7 Å². The summed E-state index contributed by atoms with van der Waals surface area (Å²) in [6.45, 7) is 8.99. The highest BCUT2D eigenvalue weighted by atomic mass is 15.1. The summed E-state index contributed by atoms with van der Waals surface area (Å²) >= 11 is 0. The fourth-order valence-electron chi connectivity index (χ4n) is 1.52. The second kappa shape index (κ2) is 7.34. The molecular weight excluding hydrogens is 160 g/mol. The van der Waals surface area contributed by atoms with Gasteiger partial charge in [0.25, 0.3) is 0 Å². The Labute approximate surface area is 83.7 Å². The lowest BCUT2D eigenvalue weighted by Gasteiger charge is -2.22. The topological polar surface area (TPSA) is 15.3 Å². The van der Waals surface area contributed by atoms with Crippen molar-refractivity contribution in [1.82, 2.24) is 10.2 Å². The van der Waals surface area contributed by atoms with Gasteiger partial charge in [-0.05, 0) is 39.4 Å². The van der Waals surface area contributed by atoms with E-state index < -0.39 is 0 Å². The Balaban J connectivity index is 3.66. The molecule has 0 radical (unpaired) electrons. The van der Waals surface area contributed by atoms with Crippen molar-refractivity contribution in [2.75, 3.05) is 27.2 Å². The fourth-order valence-corrected chi connectivity index (χ4v) is 1.52. The first-order chi connectivity index (χ1) is 6.06. The van der Waals surface area contributed by atoms with Crippen LogP contribution in [-0.4, -0.2) is 38.1 Å². The van der Waals surface area contributed by atoms with Crippen molar-refractivity contribution in [3.05, 3.63) is 0 Å². The maximum Gasteiger partial charge on any atom is 0.0194 e. The molecule has 0 fully saturated rings. The van der Waals surface area contributed by atoms with E-state index in [0.717, 1.165) is 19.0 Å². The van der Waals surface area contributed by atoms with Gasteiger partial charge in [-0.2, -0.15) is 0 Å². The van der Waals surface area contributed by atoms with Crippen LogP contribution in [-0.2, 0) is 0 Å². The van der Waals surface area contributed by atoms with E-state index in [1.54, 1.807) is 0 Å². The first-order valence-corrected chi connectivity index (χ1v) is 5.44. The van der Waals surface area contributed by atoms with Gasteiger partial charge in [-0.25, -0.2) is 0 Å². The van der Waals surface area contributed by atoms with Crippen molar-refractivity contribution < 1.29 is 0 Å². The molecule has 1 unspecified atom stereocenters. The van der Waals surface area contributed by atoms with E-state index in [-0.39, 0.29) is 0 Å². The molecule has 13 heavy (non-hydrogen) atoms. The van der Waals surface area contributed by atoms with Gasteiger partial charge in [0.1, 0.15) is 0 Å². The molecule has 2 heteroatoms. The number of nitrogens with zero attached hydrogens (tertiary/aromatic N) is 1. The normalized spacial score (nSPS) is 14.1. The lowest BCUT2D eigenvalue weighted by atomic mass is 10.0. The van der Waals surface area contributed by atoms with Gasteiger partial charge < -0.3 is 10.2 Å². The van der Waals surface area contributed by atoms with Gasteiger partial charge in [-0.3, -0.25) is 0 Å². The summed E-state index contributed by atoms with van der Waals surface area (Å²) in [7, 11) is 4.28. The van der Waals surface area contributed by atoms with Crippen LogP contribution >= 0.6 is 0 Å². The van der Waals surface area contributed by atoms with Gasteiger partial charge in [0.05, 0.1) is 0 Å². The molecule has 2 nitrogen and oxygen atoms in total. The third-order valence-corrected chi connectivity index (χ3v) is 2.17.